The van der Waals surface area contributed by atoms with Gasteiger partial charge >= 0.3 is 0 Å². The molecule has 0 aliphatic carbocycles. The van der Waals surface area contributed by atoms with Gasteiger partial charge in [0.05, 0.1) is 18.2 Å². The minimum absolute atomic E-state index is 0.131. The van der Waals surface area contributed by atoms with Gasteiger partial charge in [0, 0.05) is 32.2 Å². The molecule has 1 aromatic carbocycles. The van der Waals surface area contributed by atoms with Crippen LogP contribution in [0.2, 0.25) is 0 Å². The summed E-state index contributed by atoms with van der Waals surface area (Å²) in [5.41, 5.74) is 1.85. The van der Waals surface area contributed by atoms with Gasteiger partial charge in [0.1, 0.15) is 0 Å². The summed E-state index contributed by atoms with van der Waals surface area (Å²) in [5.74, 6) is 0.131. The Balaban J connectivity index is 1.68. The summed E-state index contributed by atoms with van der Waals surface area (Å²) in [5, 5.41) is 15.4. The van der Waals surface area contributed by atoms with Gasteiger partial charge in [-0.1, -0.05) is 19.1 Å². The molecule has 2 N–H and O–H groups in total. The lowest BCUT2D eigenvalue weighted by atomic mass is 10.0. The molecule has 1 aliphatic heterocycles. The number of hydrogen-bond acceptors (Lipinski definition) is 4. The van der Waals surface area contributed by atoms with Crippen LogP contribution in [0.25, 0.3) is 0 Å². The van der Waals surface area contributed by atoms with Gasteiger partial charge in [0.2, 0.25) is 5.91 Å². The predicted octanol–water partition coefficient (Wildman–Crippen LogP) is 1.64. The fourth-order valence-corrected chi connectivity index (χ4v) is 2.83. The molecule has 124 valence electrons. The second kappa shape index (κ2) is 9.29. The molecule has 1 aromatic rings. The highest BCUT2D eigenvalue weighted by atomic mass is 16.2. The van der Waals surface area contributed by atoms with Crippen molar-refractivity contribution in [1.82, 2.24) is 15.5 Å². The number of rotatable bonds is 7. The van der Waals surface area contributed by atoms with E-state index in [9.17, 15) is 4.79 Å². The summed E-state index contributed by atoms with van der Waals surface area (Å²) in [6, 6.07) is 10.4. The van der Waals surface area contributed by atoms with Gasteiger partial charge in [-0.3, -0.25) is 9.69 Å². The number of piperidine rings is 1. The number of nitriles is 1. The number of amides is 1. The Labute approximate surface area is 138 Å². The summed E-state index contributed by atoms with van der Waals surface area (Å²) in [7, 11) is 0. The number of benzene rings is 1. The number of carbonyl (C=O) groups excluding carboxylic acids is 1. The Bertz CT molecular complexity index is 544. The molecule has 0 saturated carbocycles. The van der Waals surface area contributed by atoms with E-state index in [1.54, 1.807) is 0 Å². The Morgan fingerprint density at radius 3 is 2.87 bits per heavy atom. The first-order chi connectivity index (χ1) is 11.2. The van der Waals surface area contributed by atoms with Gasteiger partial charge in [-0.05, 0) is 37.0 Å². The number of nitrogens with one attached hydrogen (secondary N) is 2. The van der Waals surface area contributed by atoms with Crippen LogP contribution in [0.15, 0.2) is 24.3 Å². The van der Waals surface area contributed by atoms with Crippen molar-refractivity contribution in [3.8, 4) is 6.07 Å². The number of likely N-dealkylation sites (tertiary alicyclic amines) is 1. The van der Waals surface area contributed by atoms with Gasteiger partial charge in [0.15, 0.2) is 0 Å². The summed E-state index contributed by atoms with van der Waals surface area (Å²) in [6.45, 7) is 6.03. The zero-order valence-corrected chi connectivity index (χ0v) is 13.8. The fraction of sp³-hybridized carbons (Fsp3) is 0.556. The molecule has 0 spiro atoms. The summed E-state index contributed by atoms with van der Waals surface area (Å²) >= 11 is 0. The molecule has 5 heteroatoms. The normalized spacial score (nSPS) is 16.0. The maximum atomic E-state index is 11.7. The van der Waals surface area contributed by atoms with Crippen molar-refractivity contribution in [1.29, 1.82) is 5.26 Å². The lowest BCUT2D eigenvalue weighted by Gasteiger charge is -2.32. The van der Waals surface area contributed by atoms with E-state index in [0.29, 0.717) is 18.2 Å². The SMILES string of the molecule is CCCNC(=O)CN1CCC(NCc2cccc(C#N)c2)CC1. The Kier molecular flexibility index (Phi) is 7.05. The molecule has 1 amide bonds. The van der Waals surface area contributed by atoms with E-state index in [-0.39, 0.29) is 5.91 Å². The second-order valence-electron chi connectivity index (χ2n) is 6.09. The molecule has 1 heterocycles. The van der Waals surface area contributed by atoms with Gasteiger partial charge < -0.3 is 10.6 Å². The van der Waals surface area contributed by atoms with Crippen molar-refractivity contribution < 1.29 is 4.79 Å². The van der Waals surface area contributed by atoms with Crippen molar-refractivity contribution in [2.75, 3.05) is 26.2 Å². The lowest BCUT2D eigenvalue weighted by Crippen LogP contribution is -2.46. The van der Waals surface area contributed by atoms with Gasteiger partial charge in [-0.15, -0.1) is 0 Å². The molecule has 23 heavy (non-hydrogen) atoms. The van der Waals surface area contributed by atoms with E-state index in [0.717, 1.165) is 51.0 Å². The molecule has 0 unspecified atom stereocenters. The summed E-state index contributed by atoms with van der Waals surface area (Å²) in [4.78, 5) is 13.9. The average Bonchev–Trinajstić information content (AvgIpc) is 2.59. The van der Waals surface area contributed by atoms with E-state index >= 15 is 0 Å². The largest absolute Gasteiger partial charge is 0.355 e. The van der Waals surface area contributed by atoms with Crippen LogP contribution in [0, 0.1) is 11.3 Å². The van der Waals surface area contributed by atoms with Crippen molar-refractivity contribution in [2.24, 2.45) is 0 Å². The quantitative estimate of drug-likeness (QED) is 0.803. The molecule has 0 atom stereocenters. The van der Waals surface area contributed by atoms with E-state index in [1.807, 2.05) is 24.3 Å². The van der Waals surface area contributed by atoms with Gasteiger partial charge in [0.25, 0.3) is 0 Å². The molecule has 0 aromatic heterocycles. The van der Waals surface area contributed by atoms with Crippen LogP contribution in [-0.4, -0.2) is 43.0 Å². The molecule has 0 bridgehead atoms. The number of carbonyl (C=O) groups is 1. The van der Waals surface area contributed by atoms with E-state index in [4.69, 9.17) is 5.26 Å². The second-order valence-corrected chi connectivity index (χ2v) is 6.09. The van der Waals surface area contributed by atoms with Crippen LogP contribution in [0.4, 0.5) is 0 Å². The number of nitrogens with zero attached hydrogens (tertiary/aromatic N) is 2. The Morgan fingerprint density at radius 2 is 2.17 bits per heavy atom. The highest BCUT2D eigenvalue weighted by Gasteiger charge is 2.20. The molecule has 1 fully saturated rings. The van der Waals surface area contributed by atoms with Gasteiger partial charge in [-0.25, -0.2) is 0 Å². The maximum Gasteiger partial charge on any atom is 0.234 e. The molecule has 5 nitrogen and oxygen atoms in total. The Morgan fingerprint density at radius 1 is 1.39 bits per heavy atom. The standard InChI is InChI=1S/C18H26N4O/c1-2-8-20-18(23)14-22-9-6-17(7-10-22)21-13-16-5-3-4-15(11-16)12-19/h3-5,11,17,21H,2,6-10,13-14H2,1H3,(H,20,23). The summed E-state index contributed by atoms with van der Waals surface area (Å²) < 4.78 is 0. The third kappa shape index (κ3) is 6.01. The minimum Gasteiger partial charge on any atom is -0.355 e. The van der Waals surface area contributed by atoms with Crippen LogP contribution < -0.4 is 10.6 Å². The molecule has 1 saturated heterocycles. The minimum atomic E-state index is 0.131. The van der Waals surface area contributed by atoms with Crippen LogP contribution in [0.3, 0.4) is 0 Å². The average molecular weight is 314 g/mol. The molecular weight excluding hydrogens is 288 g/mol. The Hall–Kier alpha value is -1.90. The predicted molar refractivity (Wildman–Crippen MR) is 90.8 cm³/mol. The smallest absolute Gasteiger partial charge is 0.234 e. The fourth-order valence-electron chi connectivity index (χ4n) is 2.83. The summed E-state index contributed by atoms with van der Waals surface area (Å²) in [6.07, 6.45) is 3.09. The third-order valence-corrected chi connectivity index (χ3v) is 4.18. The zero-order chi connectivity index (χ0) is 16.5. The van der Waals surface area contributed by atoms with E-state index < -0.39 is 0 Å². The number of hydrogen-bond donors (Lipinski definition) is 2. The third-order valence-electron chi connectivity index (χ3n) is 4.18. The first-order valence-electron chi connectivity index (χ1n) is 8.42. The molecule has 2 rings (SSSR count). The van der Waals surface area contributed by atoms with Crippen LogP contribution in [-0.2, 0) is 11.3 Å². The maximum absolute atomic E-state index is 11.7. The van der Waals surface area contributed by atoms with Crippen molar-refractivity contribution in [3.05, 3.63) is 35.4 Å². The highest BCUT2D eigenvalue weighted by Crippen LogP contribution is 2.11. The molecule has 0 radical (unpaired) electrons. The van der Waals surface area contributed by atoms with Gasteiger partial charge in [-0.2, -0.15) is 5.26 Å². The topological polar surface area (TPSA) is 68.2 Å². The van der Waals surface area contributed by atoms with Crippen LogP contribution in [0.1, 0.15) is 37.3 Å². The van der Waals surface area contributed by atoms with Crippen molar-refractivity contribution >= 4 is 5.91 Å². The van der Waals surface area contributed by atoms with Crippen molar-refractivity contribution in [2.45, 2.75) is 38.8 Å². The zero-order valence-electron chi connectivity index (χ0n) is 13.8. The van der Waals surface area contributed by atoms with E-state index in [1.165, 1.54) is 0 Å². The highest BCUT2D eigenvalue weighted by molar-refractivity contribution is 5.77. The first kappa shape index (κ1) is 17.5. The lowest BCUT2D eigenvalue weighted by molar-refractivity contribution is -0.122. The van der Waals surface area contributed by atoms with Crippen LogP contribution in [0.5, 0.6) is 0 Å². The van der Waals surface area contributed by atoms with Crippen LogP contribution >= 0.6 is 0 Å². The molecule has 1 aliphatic rings. The van der Waals surface area contributed by atoms with E-state index in [2.05, 4.69) is 28.5 Å². The monoisotopic (exact) mass is 314 g/mol. The molecular formula is C18H26N4O. The first-order valence-corrected chi connectivity index (χ1v) is 8.42. The van der Waals surface area contributed by atoms with Crippen molar-refractivity contribution in [3.63, 3.8) is 0 Å².